The number of benzene rings is 3. The zero-order valence-electron chi connectivity index (χ0n) is 19.7. The van der Waals surface area contributed by atoms with Crippen LogP contribution < -0.4 is 19.7 Å². The second-order valence-electron chi connectivity index (χ2n) is 8.20. The Balaban J connectivity index is 1.39. The van der Waals surface area contributed by atoms with Gasteiger partial charge < -0.3 is 24.4 Å². The van der Waals surface area contributed by atoms with Gasteiger partial charge in [0.2, 0.25) is 0 Å². The van der Waals surface area contributed by atoms with Gasteiger partial charge in [0.15, 0.2) is 11.5 Å². The molecule has 36 heavy (non-hydrogen) atoms. The van der Waals surface area contributed by atoms with Gasteiger partial charge in [-0.15, -0.1) is 0 Å². The number of nitrogens with one attached hydrogen (secondary N) is 1. The van der Waals surface area contributed by atoms with Gasteiger partial charge in [-0.05, 0) is 42.0 Å². The Morgan fingerprint density at radius 1 is 1.08 bits per heavy atom. The van der Waals surface area contributed by atoms with Crippen molar-refractivity contribution in [1.82, 2.24) is 9.97 Å². The van der Waals surface area contributed by atoms with Crippen molar-refractivity contribution in [3.05, 3.63) is 77.7 Å². The maximum Gasteiger partial charge on any atom is 0.162 e. The van der Waals surface area contributed by atoms with Crippen LogP contribution in [0.1, 0.15) is 11.1 Å². The molecule has 0 bridgehead atoms. The van der Waals surface area contributed by atoms with Crippen LogP contribution in [0.15, 0.2) is 60.8 Å². The molecule has 0 spiro atoms. The van der Waals surface area contributed by atoms with Gasteiger partial charge in [-0.1, -0.05) is 12.1 Å². The van der Waals surface area contributed by atoms with Crippen molar-refractivity contribution < 1.29 is 18.6 Å². The van der Waals surface area contributed by atoms with E-state index in [1.165, 1.54) is 12.1 Å². The van der Waals surface area contributed by atoms with Crippen LogP contribution in [-0.2, 0) is 11.3 Å². The molecule has 5 rings (SSSR count). The Bertz CT molecular complexity index is 1420. The summed E-state index contributed by atoms with van der Waals surface area (Å²) < 4.78 is 29.9. The van der Waals surface area contributed by atoms with Crippen molar-refractivity contribution in [2.75, 3.05) is 43.6 Å². The number of rotatable bonds is 7. The van der Waals surface area contributed by atoms with Crippen molar-refractivity contribution in [3.63, 3.8) is 0 Å². The van der Waals surface area contributed by atoms with Crippen LogP contribution in [0.25, 0.3) is 11.0 Å². The number of nitrogens with zero attached hydrogens (tertiary/aromatic N) is 4. The Hall–Kier alpha value is -4.42. The van der Waals surface area contributed by atoms with E-state index in [9.17, 15) is 9.65 Å². The van der Waals surface area contributed by atoms with E-state index in [4.69, 9.17) is 19.2 Å². The van der Waals surface area contributed by atoms with Crippen molar-refractivity contribution in [2.45, 2.75) is 6.61 Å². The summed E-state index contributed by atoms with van der Waals surface area (Å²) in [6, 6.07) is 17.5. The van der Waals surface area contributed by atoms with E-state index in [2.05, 4.69) is 21.3 Å². The monoisotopic (exact) mass is 485 g/mol. The molecule has 1 N–H and O–H groups in total. The molecule has 182 valence electrons. The molecule has 0 aliphatic carbocycles. The molecule has 0 saturated carbocycles. The fraction of sp³-hybridized carbons (Fsp3) is 0.222. The molecule has 8 nitrogen and oxygen atoms in total. The van der Waals surface area contributed by atoms with E-state index >= 15 is 0 Å². The molecule has 1 aromatic heterocycles. The molecule has 0 atom stereocenters. The summed E-state index contributed by atoms with van der Waals surface area (Å²) in [6.45, 7) is 3.01. The van der Waals surface area contributed by atoms with E-state index in [-0.39, 0.29) is 12.4 Å². The summed E-state index contributed by atoms with van der Waals surface area (Å²) in [4.78, 5) is 11.4. The molecular formula is C27H24FN5O3. The quantitative estimate of drug-likeness (QED) is 0.399. The third kappa shape index (κ3) is 4.99. The number of methoxy groups -OCH3 is 1. The minimum atomic E-state index is -0.291. The molecular weight excluding hydrogens is 461 g/mol. The first-order chi connectivity index (χ1) is 17.6. The zero-order valence-corrected chi connectivity index (χ0v) is 19.7. The molecule has 1 saturated heterocycles. The zero-order chi connectivity index (χ0) is 24.9. The molecule has 4 aromatic rings. The average Bonchev–Trinajstić information content (AvgIpc) is 2.93. The fourth-order valence-electron chi connectivity index (χ4n) is 3.99. The first kappa shape index (κ1) is 23.3. The van der Waals surface area contributed by atoms with Gasteiger partial charge in [-0.25, -0.2) is 9.37 Å². The predicted molar refractivity (Wildman–Crippen MR) is 134 cm³/mol. The molecule has 0 unspecified atom stereocenters. The molecule has 2 heterocycles. The SMILES string of the molecule is COc1cc(Nc2ccc3ncc(N4CCOCC4)nc3c2C#N)ccc1OCc1ccc(F)cc1. The van der Waals surface area contributed by atoms with E-state index in [0.29, 0.717) is 52.7 Å². The first-order valence-electron chi connectivity index (χ1n) is 11.5. The molecule has 1 aliphatic heterocycles. The van der Waals surface area contributed by atoms with E-state index in [0.717, 1.165) is 24.5 Å². The third-order valence-corrected chi connectivity index (χ3v) is 5.90. The summed E-state index contributed by atoms with van der Waals surface area (Å²) in [5.41, 5.74) is 3.77. The minimum absolute atomic E-state index is 0.275. The summed E-state index contributed by atoms with van der Waals surface area (Å²) in [7, 11) is 1.56. The highest BCUT2D eigenvalue weighted by Gasteiger charge is 2.17. The second kappa shape index (κ2) is 10.5. The number of morpholine rings is 1. The first-order valence-corrected chi connectivity index (χ1v) is 11.5. The summed E-state index contributed by atoms with van der Waals surface area (Å²) in [5, 5.41) is 13.3. The normalized spacial score (nSPS) is 13.3. The lowest BCUT2D eigenvalue weighted by molar-refractivity contribution is 0.122. The van der Waals surface area contributed by atoms with Gasteiger partial charge in [-0.2, -0.15) is 5.26 Å². The lowest BCUT2D eigenvalue weighted by atomic mass is 10.1. The standard InChI is InChI=1S/C27H24FN5O3/c1-34-25-14-20(6-9-24(25)36-17-18-2-4-19(28)5-3-18)31-22-7-8-23-27(21(22)15-29)32-26(16-30-23)33-10-12-35-13-11-33/h2-9,14,16,31H,10-13,17H2,1H3. The molecule has 0 radical (unpaired) electrons. The average molecular weight is 486 g/mol. The number of hydrogen-bond donors (Lipinski definition) is 1. The number of ether oxygens (including phenoxy) is 3. The van der Waals surface area contributed by atoms with Crippen molar-refractivity contribution in [1.29, 1.82) is 5.26 Å². The highest BCUT2D eigenvalue weighted by molar-refractivity contribution is 5.89. The summed E-state index contributed by atoms with van der Waals surface area (Å²) >= 11 is 0. The smallest absolute Gasteiger partial charge is 0.162 e. The lowest BCUT2D eigenvalue weighted by Gasteiger charge is -2.27. The van der Waals surface area contributed by atoms with Crippen LogP contribution in [0.5, 0.6) is 11.5 Å². The Kier molecular flexibility index (Phi) is 6.78. The maximum atomic E-state index is 13.1. The maximum absolute atomic E-state index is 13.1. The molecule has 9 heteroatoms. The van der Waals surface area contributed by atoms with Gasteiger partial charge in [0.1, 0.15) is 35.4 Å². The number of nitriles is 1. The number of fused-ring (bicyclic) bond motifs is 1. The Morgan fingerprint density at radius 2 is 1.89 bits per heavy atom. The van der Waals surface area contributed by atoms with E-state index in [1.54, 1.807) is 37.6 Å². The van der Waals surface area contributed by atoms with Gasteiger partial charge >= 0.3 is 0 Å². The number of halogens is 1. The summed E-state index contributed by atoms with van der Waals surface area (Å²) in [6.07, 6.45) is 1.73. The van der Waals surface area contributed by atoms with E-state index < -0.39 is 0 Å². The predicted octanol–water partition coefficient (Wildman–Crippen LogP) is 4.81. The fourth-order valence-corrected chi connectivity index (χ4v) is 3.99. The molecule has 3 aromatic carbocycles. The number of anilines is 3. The van der Waals surface area contributed by atoms with Gasteiger partial charge in [0.05, 0.1) is 37.7 Å². The van der Waals surface area contributed by atoms with Crippen LogP contribution in [0, 0.1) is 17.1 Å². The van der Waals surface area contributed by atoms with Crippen LogP contribution in [0.2, 0.25) is 0 Å². The Morgan fingerprint density at radius 3 is 2.64 bits per heavy atom. The van der Waals surface area contributed by atoms with Crippen molar-refractivity contribution >= 4 is 28.2 Å². The van der Waals surface area contributed by atoms with Crippen LogP contribution in [-0.4, -0.2) is 43.4 Å². The Labute approximate surface area is 207 Å². The number of hydrogen-bond acceptors (Lipinski definition) is 8. The summed E-state index contributed by atoms with van der Waals surface area (Å²) in [5.74, 6) is 1.51. The number of aromatic nitrogens is 2. The van der Waals surface area contributed by atoms with Gasteiger partial charge in [0, 0.05) is 24.8 Å². The molecule has 1 aliphatic rings. The van der Waals surface area contributed by atoms with Crippen molar-refractivity contribution in [2.24, 2.45) is 0 Å². The lowest BCUT2D eigenvalue weighted by Crippen LogP contribution is -2.36. The van der Waals surface area contributed by atoms with E-state index in [1.807, 2.05) is 18.2 Å². The topological polar surface area (TPSA) is 92.5 Å². The largest absolute Gasteiger partial charge is 0.493 e. The van der Waals surface area contributed by atoms with Crippen molar-refractivity contribution in [3.8, 4) is 17.6 Å². The third-order valence-electron chi connectivity index (χ3n) is 5.90. The highest BCUT2D eigenvalue weighted by atomic mass is 19.1. The van der Waals surface area contributed by atoms with Crippen LogP contribution >= 0.6 is 0 Å². The minimum Gasteiger partial charge on any atom is -0.493 e. The van der Waals surface area contributed by atoms with Gasteiger partial charge in [-0.3, -0.25) is 4.98 Å². The molecule has 1 fully saturated rings. The van der Waals surface area contributed by atoms with Gasteiger partial charge in [0.25, 0.3) is 0 Å². The molecule has 0 amide bonds. The van der Waals surface area contributed by atoms with Crippen LogP contribution in [0.4, 0.5) is 21.6 Å². The highest BCUT2D eigenvalue weighted by Crippen LogP contribution is 2.34. The van der Waals surface area contributed by atoms with Crippen LogP contribution in [0.3, 0.4) is 0 Å². The second-order valence-corrected chi connectivity index (χ2v) is 8.20.